The average Bonchev–Trinajstić information content (AvgIpc) is 2.32. The third-order valence-electron chi connectivity index (χ3n) is 3.12. The second-order valence-electron chi connectivity index (χ2n) is 4.55. The molecule has 1 N–H and O–H groups in total. The van der Waals surface area contributed by atoms with Crippen LogP contribution in [0.1, 0.15) is 6.42 Å². The van der Waals surface area contributed by atoms with Gasteiger partial charge >= 0.3 is 12.0 Å². The Hall–Kier alpha value is -2.04. The molecule has 0 saturated carbocycles. The largest absolute Gasteiger partial charge is 0.481 e. The van der Waals surface area contributed by atoms with Gasteiger partial charge in [-0.2, -0.15) is 0 Å². The number of carboxylic acid groups (broad SMARTS) is 1. The minimum Gasteiger partial charge on any atom is -0.481 e. The first-order valence-corrected chi connectivity index (χ1v) is 5.87. The molecule has 1 saturated heterocycles. The van der Waals surface area contributed by atoms with Crippen LogP contribution in [0.4, 0.5) is 10.5 Å². The summed E-state index contributed by atoms with van der Waals surface area (Å²) in [5.74, 6) is -0.709. The number of carbonyl (C=O) groups excluding carboxylic acids is 1. The Balaban J connectivity index is 1.88. The number of benzene rings is 1. The number of carbonyl (C=O) groups is 2. The Kier molecular flexibility index (Phi) is 3.50. The zero-order valence-electron chi connectivity index (χ0n) is 10.2. The average molecular weight is 248 g/mol. The van der Waals surface area contributed by atoms with Crippen molar-refractivity contribution in [2.24, 2.45) is 5.92 Å². The molecule has 0 bridgehead atoms. The Morgan fingerprint density at radius 2 is 1.94 bits per heavy atom. The van der Waals surface area contributed by atoms with E-state index >= 15 is 0 Å². The van der Waals surface area contributed by atoms with Gasteiger partial charge in [0.05, 0.1) is 6.42 Å². The first-order valence-electron chi connectivity index (χ1n) is 5.87. The summed E-state index contributed by atoms with van der Waals surface area (Å²) in [6, 6.07) is 9.31. The van der Waals surface area contributed by atoms with Crippen LogP contribution in [0, 0.1) is 5.92 Å². The zero-order valence-corrected chi connectivity index (χ0v) is 10.2. The number of nitrogens with zero attached hydrogens (tertiary/aromatic N) is 2. The number of amides is 2. The maximum atomic E-state index is 12.1. The van der Waals surface area contributed by atoms with Crippen molar-refractivity contribution in [1.82, 2.24) is 4.90 Å². The van der Waals surface area contributed by atoms with Gasteiger partial charge in [0.1, 0.15) is 0 Å². The van der Waals surface area contributed by atoms with E-state index in [-0.39, 0.29) is 18.4 Å². The van der Waals surface area contributed by atoms with Crippen molar-refractivity contribution in [3.63, 3.8) is 0 Å². The van der Waals surface area contributed by atoms with Crippen molar-refractivity contribution >= 4 is 17.7 Å². The second kappa shape index (κ2) is 5.08. The number of hydrogen-bond acceptors (Lipinski definition) is 2. The lowest BCUT2D eigenvalue weighted by molar-refractivity contribution is -0.139. The van der Waals surface area contributed by atoms with Gasteiger partial charge in [0.25, 0.3) is 0 Å². The number of aliphatic carboxylic acids is 1. The monoisotopic (exact) mass is 248 g/mol. The molecular formula is C13H16N2O3. The first kappa shape index (κ1) is 12.4. The van der Waals surface area contributed by atoms with Crippen LogP contribution in [0.3, 0.4) is 0 Å². The van der Waals surface area contributed by atoms with Gasteiger partial charge in [-0.05, 0) is 12.1 Å². The van der Waals surface area contributed by atoms with E-state index in [0.717, 1.165) is 5.69 Å². The van der Waals surface area contributed by atoms with E-state index in [4.69, 9.17) is 5.11 Å². The number of carboxylic acids is 1. The summed E-state index contributed by atoms with van der Waals surface area (Å²) in [5.41, 5.74) is 0.837. The van der Waals surface area contributed by atoms with Gasteiger partial charge < -0.3 is 10.0 Å². The Bertz CT molecular complexity index is 441. The van der Waals surface area contributed by atoms with E-state index < -0.39 is 5.97 Å². The van der Waals surface area contributed by atoms with E-state index in [1.807, 2.05) is 30.3 Å². The van der Waals surface area contributed by atoms with E-state index in [9.17, 15) is 9.59 Å². The van der Waals surface area contributed by atoms with Gasteiger partial charge in [-0.3, -0.25) is 9.69 Å². The molecule has 5 heteroatoms. The van der Waals surface area contributed by atoms with Crippen LogP contribution in [0.5, 0.6) is 0 Å². The summed E-state index contributed by atoms with van der Waals surface area (Å²) < 4.78 is 0. The fourth-order valence-electron chi connectivity index (χ4n) is 2.08. The summed E-state index contributed by atoms with van der Waals surface area (Å²) in [5, 5.41) is 8.65. The van der Waals surface area contributed by atoms with Crippen LogP contribution in [-0.2, 0) is 4.79 Å². The molecule has 2 amide bonds. The van der Waals surface area contributed by atoms with Crippen LogP contribution in [0.2, 0.25) is 0 Å². The molecular weight excluding hydrogens is 232 g/mol. The molecule has 1 aliphatic heterocycles. The lowest BCUT2D eigenvalue weighted by Gasteiger charge is -2.40. The van der Waals surface area contributed by atoms with E-state index in [1.165, 1.54) is 0 Å². The zero-order chi connectivity index (χ0) is 13.1. The molecule has 1 heterocycles. The summed E-state index contributed by atoms with van der Waals surface area (Å²) in [6.45, 7) is 1.06. The van der Waals surface area contributed by atoms with Crippen molar-refractivity contribution in [2.45, 2.75) is 6.42 Å². The van der Waals surface area contributed by atoms with Crippen LogP contribution < -0.4 is 4.90 Å². The third kappa shape index (κ3) is 2.61. The molecule has 2 rings (SSSR count). The lowest BCUT2D eigenvalue weighted by atomic mass is 9.97. The highest BCUT2D eigenvalue weighted by atomic mass is 16.4. The van der Waals surface area contributed by atoms with Gasteiger partial charge in [0, 0.05) is 31.7 Å². The van der Waals surface area contributed by atoms with Crippen molar-refractivity contribution in [3.05, 3.63) is 30.3 Å². The van der Waals surface area contributed by atoms with Gasteiger partial charge in [0.15, 0.2) is 0 Å². The van der Waals surface area contributed by atoms with E-state index in [1.54, 1.807) is 16.8 Å². The SMILES string of the molecule is CN(C(=O)N1CC(CC(=O)O)C1)c1ccccc1. The standard InChI is InChI=1S/C13H16N2O3/c1-14(11-5-3-2-4-6-11)13(18)15-8-10(9-15)7-12(16)17/h2-6,10H,7-9H2,1H3,(H,16,17). The van der Waals surface area contributed by atoms with E-state index in [2.05, 4.69) is 0 Å². The van der Waals surface area contributed by atoms with Crippen LogP contribution in [0.15, 0.2) is 30.3 Å². The second-order valence-corrected chi connectivity index (χ2v) is 4.55. The topological polar surface area (TPSA) is 60.9 Å². The Labute approximate surface area is 106 Å². The Morgan fingerprint density at radius 1 is 1.33 bits per heavy atom. The van der Waals surface area contributed by atoms with Crippen LogP contribution in [0.25, 0.3) is 0 Å². The molecule has 96 valence electrons. The highest BCUT2D eigenvalue weighted by Crippen LogP contribution is 2.22. The molecule has 1 aromatic carbocycles. The van der Waals surface area contributed by atoms with Crippen molar-refractivity contribution < 1.29 is 14.7 Å². The Morgan fingerprint density at radius 3 is 2.50 bits per heavy atom. The quantitative estimate of drug-likeness (QED) is 0.884. The highest BCUT2D eigenvalue weighted by Gasteiger charge is 2.33. The van der Waals surface area contributed by atoms with Crippen LogP contribution >= 0.6 is 0 Å². The molecule has 5 nitrogen and oxygen atoms in total. The molecule has 0 atom stereocenters. The number of likely N-dealkylation sites (tertiary alicyclic amines) is 1. The molecule has 18 heavy (non-hydrogen) atoms. The molecule has 0 radical (unpaired) electrons. The number of rotatable bonds is 3. The maximum absolute atomic E-state index is 12.1. The fourth-order valence-corrected chi connectivity index (χ4v) is 2.08. The van der Waals surface area contributed by atoms with Gasteiger partial charge in [-0.1, -0.05) is 18.2 Å². The number of para-hydroxylation sites is 1. The molecule has 1 aliphatic rings. The summed E-state index contributed by atoms with van der Waals surface area (Å²) in [7, 11) is 1.72. The molecule has 0 spiro atoms. The van der Waals surface area contributed by atoms with Gasteiger partial charge in [0.2, 0.25) is 0 Å². The predicted molar refractivity (Wildman–Crippen MR) is 67.6 cm³/mol. The summed E-state index contributed by atoms with van der Waals surface area (Å²) in [6.07, 6.45) is 0.138. The van der Waals surface area contributed by atoms with Crippen LogP contribution in [-0.4, -0.2) is 42.1 Å². The van der Waals surface area contributed by atoms with Crippen molar-refractivity contribution in [2.75, 3.05) is 25.0 Å². The maximum Gasteiger partial charge on any atom is 0.324 e. The molecule has 0 aliphatic carbocycles. The van der Waals surface area contributed by atoms with E-state index in [0.29, 0.717) is 13.1 Å². The third-order valence-corrected chi connectivity index (χ3v) is 3.12. The molecule has 0 unspecified atom stereocenters. The first-order chi connectivity index (χ1) is 8.58. The fraction of sp³-hybridized carbons (Fsp3) is 0.385. The number of anilines is 1. The predicted octanol–water partition coefficient (Wildman–Crippen LogP) is 1.65. The molecule has 1 aromatic rings. The smallest absolute Gasteiger partial charge is 0.324 e. The summed E-state index contributed by atoms with van der Waals surface area (Å²) in [4.78, 5) is 25.8. The molecule has 0 aromatic heterocycles. The lowest BCUT2D eigenvalue weighted by Crippen LogP contribution is -2.54. The van der Waals surface area contributed by atoms with Crippen molar-refractivity contribution in [3.8, 4) is 0 Å². The normalized spacial score (nSPS) is 15.1. The number of hydrogen-bond donors (Lipinski definition) is 1. The van der Waals surface area contributed by atoms with Gasteiger partial charge in [-0.15, -0.1) is 0 Å². The minimum atomic E-state index is -0.802. The molecule has 1 fully saturated rings. The van der Waals surface area contributed by atoms with Crippen molar-refractivity contribution in [1.29, 1.82) is 0 Å². The highest BCUT2D eigenvalue weighted by molar-refractivity contribution is 5.92. The summed E-state index contributed by atoms with van der Waals surface area (Å²) >= 11 is 0. The van der Waals surface area contributed by atoms with Gasteiger partial charge in [-0.25, -0.2) is 4.79 Å². The number of urea groups is 1. The minimum absolute atomic E-state index is 0.0807.